The molecule has 0 aromatic carbocycles. The van der Waals surface area contributed by atoms with Crippen molar-refractivity contribution in [2.75, 3.05) is 13.2 Å². The summed E-state index contributed by atoms with van der Waals surface area (Å²) in [5, 5.41) is 9.86. The summed E-state index contributed by atoms with van der Waals surface area (Å²) >= 11 is 0. The lowest BCUT2D eigenvalue weighted by Gasteiger charge is -2.27. The van der Waals surface area contributed by atoms with Crippen LogP contribution in [0.3, 0.4) is 0 Å². The molecule has 0 aromatic rings. The van der Waals surface area contributed by atoms with Crippen molar-refractivity contribution in [1.29, 1.82) is 0 Å². The van der Waals surface area contributed by atoms with Gasteiger partial charge in [0.2, 0.25) is 0 Å². The highest BCUT2D eigenvalue weighted by Gasteiger charge is 2.27. The predicted molar refractivity (Wildman–Crippen MR) is 48.2 cm³/mol. The zero-order valence-corrected chi connectivity index (χ0v) is 7.74. The van der Waals surface area contributed by atoms with Gasteiger partial charge in [-0.1, -0.05) is 0 Å². The molecule has 2 aliphatic heterocycles. The summed E-state index contributed by atoms with van der Waals surface area (Å²) in [4.78, 5) is 0. The van der Waals surface area contributed by atoms with Gasteiger partial charge in [-0.15, -0.1) is 0 Å². The topological polar surface area (TPSA) is 38.7 Å². The molecule has 1 N–H and O–H groups in total. The highest BCUT2D eigenvalue weighted by atomic mass is 16.5. The SMILES string of the molecule is OC(C1=CCCO1)C1CCCCO1. The summed E-state index contributed by atoms with van der Waals surface area (Å²) in [7, 11) is 0. The van der Waals surface area contributed by atoms with Crippen LogP contribution in [0.25, 0.3) is 0 Å². The van der Waals surface area contributed by atoms with Crippen LogP contribution < -0.4 is 0 Å². The van der Waals surface area contributed by atoms with E-state index < -0.39 is 6.10 Å². The summed E-state index contributed by atoms with van der Waals surface area (Å²) in [6, 6.07) is 0. The quantitative estimate of drug-likeness (QED) is 0.701. The molecular formula is C10H16O3. The van der Waals surface area contributed by atoms with Crippen molar-refractivity contribution in [2.45, 2.75) is 37.9 Å². The molecule has 1 fully saturated rings. The number of rotatable bonds is 2. The van der Waals surface area contributed by atoms with Crippen LogP contribution in [0.2, 0.25) is 0 Å². The molecule has 0 bridgehead atoms. The number of aliphatic hydroxyl groups is 1. The molecule has 1 saturated heterocycles. The highest BCUT2D eigenvalue weighted by molar-refractivity contribution is 5.06. The third-order valence-electron chi connectivity index (χ3n) is 2.59. The van der Waals surface area contributed by atoms with E-state index in [1.54, 1.807) is 0 Å². The van der Waals surface area contributed by atoms with E-state index in [4.69, 9.17) is 9.47 Å². The van der Waals surface area contributed by atoms with Gasteiger partial charge in [0, 0.05) is 13.0 Å². The maximum Gasteiger partial charge on any atom is 0.137 e. The summed E-state index contributed by atoms with van der Waals surface area (Å²) in [5.74, 6) is 0.715. The zero-order chi connectivity index (χ0) is 9.10. The molecule has 3 heteroatoms. The van der Waals surface area contributed by atoms with Crippen molar-refractivity contribution in [2.24, 2.45) is 0 Å². The van der Waals surface area contributed by atoms with E-state index in [2.05, 4.69) is 0 Å². The molecule has 0 radical (unpaired) electrons. The van der Waals surface area contributed by atoms with Crippen LogP contribution >= 0.6 is 0 Å². The fourth-order valence-electron chi connectivity index (χ4n) is 1.84. The molecule has 0 saturated carbocycles. The van der Waals surface area contributed by atoms with Gasteiger partial charge < -0.3 is 14.6 Å². The van der Waals surface area contributed by atoms with Gasteiger partial charge in [0.25, 0.3) is 0 Å². The molecule has 0 aromatic heterocycles. The minimum absolute atomic E-state index is 0.0434. The first-order chi connectivity index (χ1) is 6.38. The fourth-order valence-corrected chi connectivity index (χ4v) is 1.84. The second-order valence-corrected chi connectivity index (χ2v) is 3.59. The van der Waals surface area contributed by atoms with E-state index in [1.165, 1.54) is 0 Å². The van der Waals surface area contributed by atoms with E-state index in [0.29, 0.717) is 12.4 Å². The molecular weight excluding hydrogens is 168 g/mol. The van der Waals surface area contributed by atoms with Crippen molar-refractivity contribution in [1.82, 2.24) is 0 Å². The largest absolute Gasteiger partial charge is 0.495 e. The van der Waals surface area contributed by atoms with Crippen molar-refractivity contribution in [3.63, 3.8) is 0 Å². The molecule has 2 unspecified atom stereocenters. The fraction of sp³-hybridized carbons (Fsp3) is 0.800. The third kappa shape index (κ3) is 2.03. The Morgan fingerprint density at radius 1 is 1.38 bits per heavy atom. The zero-order valence-electron chi connectivity index (χ0n) is 7.74. The Labute approximate surface area is 78.3 Å². The van der Waals surface area contributed by atoms with Crippen molar-refractivity contribution >= 4 is 0 Å². The molecule has 2 rings (SSSR count). The molecule has 0 aliphatic carbocycles. The molecule has 0 spiro atoms. The van der Waals surface area contributed by atoms with E-state index in [9.17, 15) is 5.11 Å². The van der Waals surface area contributed by atoms with Gasteiger partial charge in [0.05, 0.1) is 12.7 Å². The smallest absolute Gasteiger partial charge is 0.137 e. The average molecular weight is 184 g/mol. The lowest BCUT2D eigenvalue weighted by molar-refractivity contribution is -0.0633. The Kier molecular flexibility index (Phi) is 2.86. The molecule has 2 atom stereocenters. The molecule has 74 valence electrons. The number of hydrogen-bond donors (Lipinski definition) is 1. The summed E-state index contributed by atoms with van der Waals surface area (Å²) in [5.41, 5.74) is 0. The summed E-state index contributed by atoms with van der Waals surface area (Å²) in [6.45, 7) is 1.48. The maximum absolute atomic E-state index is 9.86. The van der Waals surface area contributed by atoms with Crippen LogP contribution in [0.15, 0.2) is 11.8 Å². The van der Waals surface area contributed by atoms with Crippen molar-refractivity contribution in [3.05, 3.63) is 11.8 Å². The minimum Gasteiger partial charge on any atom is -0.495 e. The third-order valence-corrected chi connectivity index (χ3v) is 2.59. The first-order valence-corrected chi connectivity index (χ1v) is 5.00. The Balaban J connectivity index is 1.90. The lowest BCUT2D eigenvalue weighted by Crippen LogP contribution is -2.33. The minimum atomic E-state index is -0.539. The van der Waals surface area contributed by atoms with Gasteiger partial charge in [-0.25, -0.2) is 0 Å². The van der Waals surface area contributed by atoms with Crippen molar-refractivity contribution < 1.29 is 14.6 Å². The van der Waals surface area contributed by atoms with Gasteiger partial charge in [-0.05, 0) is 25.3 Å². The number of aliphatic hydroxyl groups excluding tert-OH is 1. The molecule has 3 nitrogen and oxygen atoms in total. The normalized spacial score (nSPS) is 30.8. The van der Waals surface area contributed by atoms with E-state index >= 15 is 0 Å². The Morgan fingerprint density at radius 3 is 2.92 bits per heavy atom. The van der Waals surface area contributed by atoms with Crippen LogP contribution in [0.1, 0.15) is 25.7 Å². The van der Waals surface area contributed by atoms with Gasteiger partial charge >= 0.3 is 0 Å². The Hall–Kier alpha value is -0.540. The van der Waals surface area contributed by atoms with Crippen LogP contribution in [0.4, 0.5) is 0 Å². The maximum atomic E-state index is 9.86. The van der Waals surface area contributed by atoms with Gasteiger partial charge in [-0.3, -0.25) is 0 Å². The van der Waals surface area contributed by atoms with Crippen LogP contribution in [0, 0.1) is 0 Å². The predicted octanol–water partition coefficient (Wildman–Crippen LogP) is 1.22. The van der Waals surface area contributed by atoms with Gasteiger partial charge in [-0.2, -0.15) is 0 Å². The van der Waals surface area contributed by atoms with Gasteiger partial charge in [0.15, 0.2) is 0 Å². The second-order valence-electron chi connectivity index (χ2n) is 3.59. The number of ether oxygens (including phenoxy) is 2. The Bertz CT molecular complexity index is 194. The standard InChI is InChI=1S/C10H16O3/c11-10(9-5-3-7-13-9)8-4-1-2-6-12-8/h5,8,10-11H,1-4,6-7H2. The Morgan fingerprint density at radius 2 is 2.31 bits per heavy atom. The lowest BCUT2D eigenvalue weighted by atomic mass is 10.0. The highest BCUT2D eigenvalue weighted by Crippen LogP contribution is 2.23. The molecule has 2 aliphatic rings. The van der Waals surface area contributed by atoms with Crippen LogP contribution in [-0.2, 0) is 9.47 Å². The van der Waals surface area contributed by atoms with Crippen LogP contribution in [0.5, 0.6) is 0 Å². The number of hydrogen-bond acceptors (Lipinski definition) is 3. The molecule has 13 heavy (non-hydrogen) atoms. The van der Waals surface area contributed by atoms with Crippen molar-refractivity contribution in [3.8, 4) is 0 Å². The van der Waals surface area contributed by atoms with Crippen LogP contribution in [-0.4, -0.2) is 30.5 Å². The van der Waals surface area contributed by atoms with E-state index in [-0.39, 0.29) is 6.10 Å². The summed E-state index contributed by atoms with van der Waals surface area (Å²) < 4.78 is 10.8. The second kappa shape index (κ2) is 4.11. The monoisotopic (exact) mass is 184 g/mol. The average Bonchev–Trinajstić information content (AvgIpc) is 2.71. The molecule has 2 heterocycles. The van der Waals surface area contributed by atoms with Gasteiger partial charge in [0.1, 0.15) is 11.9 Å². The molecule has 0 amide bonds. The first kappa shape index (κ1) is 9.03. The van der Waals surface area contributed by atoms with E-state index in [1.807, 2.05) is 6.08 Å². The van der Waals surface area contributed by atoms with E-state index in [0.717, 1.165) is 32.3 Å². The first-order valence-electron chi connectivity index (χ1n) is 5.00. The summed E-state index contributed by atoms with van der Waals surface area (Å²) in [6.07, 6.45) is 5.50.